The fourth-order valence-electron chi connectivity index (χ4n) is 2.94. The van der Waals surface area contributed by atoms with Gasteiger partial charge in [-0.1, -0.05) is 12.1 Å². The van der Waals surface area contributed by atoms with Crippen LogP contribution in [0.5, 0.6) is 11.5 Å². The molecule has 0 aliphatic rings. The number of nitrogens with zero attached hydrogens (tertiary/aromatic N) is 3. The average Bonchev–Trinajstić information content (AvgIpc) is 3.13. The number of benzene rings is 2. The van der Waals surface area contributed by atoms with Crippen LogP contribution in [0.4, 0.5) is 5.69 Å². The largest absolute Gasteiger partial charge is 0.493 e. The van der Waals surface area contributed by atoms with Crippen molar-refractivity contribution in [2.75, 3.05) is 20.8 Å². The van der Waals surface area contributed by atoms with E-state index in [0.29, 0.717) is 19.5 Å². The molecule has 1 N–H and O–H groups in total. The summed E-state index contributed by atoms with van der Waals surface area (Å²) in [6.45, 7) is 1.02. The molecular weight excluding hydrogens is 364 g/mol. The Hall–Kier alpha value is -3.62. The third-order valence-corrected chi connectivity index (χ3v) is 4.33. The number of nitrogens with one attached hydrogen (secondary N) is 1. The van der Waals surface area contributed by atoms with Crippen molar-refractivity contribution in [2.45, 2.75) is 13.0 Å². The molecule has 3 rings (SSSR count). The van der Waals surface area contributed by atoms with Crippen molar-refractivity contribution in [2.24, 2.45) is 0 Å². The Labute approximate surface area is 161 Å². The molecule has 0 atom stereocenters. The number of carbonyl (C=O) groups is 1. The minimum absolute atomic E-state index is 0.0734. The van der Waals surface area contributed by atoms with E-state index in [4.69, 9.17) is 9.47 Å². The molecule has 1 aromatic heterocycles. The number of aromatic nitrogens is 2. The summed E-state index contributed by atoms with van der Waals surface area (Å²) in [6.07, 6.45) is 2.40. The van der Waals surface area contributed by atoms with E-state index in [1.807, 2.05) is 28.8 Å². The van der Waals surface area contributed by atoms with Gasteiger partial charge in [0.2, 0.25) is 0 Å². The number of hydrogen-bond donors (Lipinski definition) is 1. The number of nitro groups is 1. The lowest BCUT2D eigenvalue weighted by Gasteiger charge is -2.11. The van der Waals surface area contributed by atoms with Crippen molar-refractivity contribution >= 4 is 22.6 Å². The number of ether oxygens (including phenoxy) is 2. The van der Waals surface area contributed by atoms with Crippen LogP contribution in [0.3, 0.4) is 0 Å². The van der Waals surface area contributed by atoms with Crippen LogP contribution in [-0.2, 0) is 6.54 Å². The van der Waals surface area contributed by atoms with Crippen LogP contribution in [0.25, 0.3) is 11.0 Å². The van der Waals surface area contributed by atoms with Gasteiger partial charge in [-0.25, -0.2) is 4.98 Å². The van der Waals surface area contributed by atoms with Gasteiger partial charge in [-0.3, -0.25) is 14.9 Å². The molecule has 0 aliphatic heterocycles. The highest BCUT2D eigenvalue weighted by molar-refractivity contribution is 5.99. The Morgan fingerprint density at radius 3 is 2.64 bits per heavy atom. The summed E-state index contributed by atoms with van der Waals surface area (Å²) >= 11 is 0. The molecule has 0 saturated carbocycles. The van der Waals surface area contributed by atoms with Gasteiger partial charge in [0.25, 0.3) is 11.6 Å². The number of rotatable bonds is 8. The van der Waals surface area contributed by atoms with E-state index in [0.717, 1.165) is 11.0 Å². The summed E-state index contributed by atoms with van der Waals surface area (Å²) in [5.74, 6) is -0.0935. The Balaban J connectivity index is 1.66. The van der Waals surface area contributed by atoms with E-state index in [1.165, 1.54) is 26.4 Å². The molecule has 0 bridgehead atoms. The Morgan fingerprint density at radius 2 is 1.93 bits per heavy atom. The molecule has 146 valence electrons. The van der Waals surface area contributed by atoms with Crippen LogP contribution >= 0.6 is 0 Å². The number of para-hydroxylation sites is 2. The monoisotopic (exact) mass is 384 g/mol. The minimum Gasteiger partial charge on any atom is -0.493 e. The van der Waals surface area contributed by atoms with Crippen molar-refractivity contribution in [1.82, 2.24) is 14.9 Å². The van der Waals surface area contributed by atoms with Crippen molar-refractivity contribution in [3.8, 4) is 11.5 Å². The van der Waals surface area contributed by atoms with Crippen molar-refractivity contribution in [1.29, 1.82) is 0 Å². The van der Waals surface area contributed by atoms with Crippen LogP contribution in [0.2, 0.25) is 0 Å². The van der Waals surface area contributed by atoms with E-state index in [2.05, 4.69) is 10.3 Å². The number of methoxy groups -OCH3 is 2. The molecule has 0 radical (unpaired) electrons. The summed E-state index contributed by atoms with van der Waals surface area (Å²) in [4.78, 5) is 27.5. The van der Waals surface area contributed by atoms with Gasteiger partial charge in [0.1, 0.15) is 5.56 Å². The standard InChI is InChI=1S/C19H20N4O5/c1-27-17-10-13(16(23(25)26)11-18(17)28-2)19(24)20-8-5-9-22-12-21-14-6-3-4-7-15(14)22/h3-4,6-7,10-12H,5,8-9H2,1-2H3,(H,20,24). The Kier molecular flexibility index (Phi) is 5.73. The maximum absolute atomic E-state index is 12.5. The van der Waals surface area contributed by atoms with Gasteiger partial charge in [0.15, 0.2) is 11.5 Å². The van der Waals surface area contributed by atoms with Gasteiger partial charge in [-0.15, -0.1) is 0 Å². The topological polar surface area (TPSA) is 109 Å². The third kappa shape index (κ3) is 3.88. The molecule has 0 saturated heterocycles. The first-order chi connectivity index (χ1) is 13.5. The number of fused-ring (bicyclic) bond motifs is 1. The molecule has 1 amide bonds. The molecule has 0 aliphatic carbocycles. The lowest BCUT2D eigenvalue weighted by Crippen LogP contribution is -2.26. The number of carbonyl (C=O) groups excluding carboxylic acids is 1. The second-order valence-corrected chi connectivity index (χ2v) is 6.02. The molecular formula is C19H20N4O5. The highest BCUT2D eigenvalue weighted by atomic mass is 16.6. The smallest absolute Gasteiger partial charge is 0.286 e. The highest BCUT2D eigenvalue weighted by Gasteiger charge is 2.24. The average molecular weight is 384 g/mol. The fraction of sp³-hybridized carbons (Fsp3) is 0.263. The van der Waals surface area contributed by atoms with Gasteiger partial charge in [-0.05, 0) is 18.6 Å². The second-order valence-electron chi connectivity index (χ2n) is 6.02. The molecule has 3 aromatic rings. The lowest BCUT2D eigenvalue weighted by molar-refractivity contribution is -0.385. The first kappa shape index (κ1) is 19.2. The van der Waals surface area contributed by atoms with E-state index in [9.17, 15) is 14.9 Å². The number of nitro benzene ring substituents is 1. The summed E-state index contributed by atoms with van der Waals surface area (Å²) in [5, 5.41) is 14.0. The van der Waals surface area contributed by atoms with Crippen LogP contribution < -0.4 is 14.8 Å². The predicted molar refractivity (Wildman–Crippen MR) is 103 cm³/mol. The predicted octanol–water partition coefficient (Wildman–Crippen LogP) is 2.78. The summed E-state index contributed by atoms with van der Waals surface area (Å²) < 4.78 is 12.2. The quantitative estimate of drug-likeness (QED) is 0.363. The van der Waals surface area contributed by atoms with E-state index in [-0.39, 0.29) is 22.7 Å². The molecule has 0 fully saturated rings. The molecule has 1 heterocycles. The maximum atomic E-state index is 12.5. The molecule has 0 unspecified atom stereocenters. The summed E-state index contributed by atoms with van der Waals surface area (Å²) in [7, 11) is 2.78. The van der Waals surface area contributed by atoms with Gasteiger partial charge < -0.3 is 19.4 Å². The minimum atomic E-state index is -0.617. The van der Waals surface area contributed by atoms with Crippen molar-refractivity contribution < 1.29 is 19.2 Å². The van der Waals surface area contributed by atoms with Crippen LogP contribution in [0.15, 0.2) is 42.7 Å². The van der Waals surface area contributed by atoms with Crippen molar-refractivity contribution in [3.63, 3.8) is 0 Å². The van der Waals surface area contributed by atoms with Crippen LogP contribution in [0, 0.1) is 10.1 Å². The first-order valence-corrected chi connectivity index (χ1v) is 8.63. The number of amides is 1. The van der Waals surface area contributed by atoms with E-state index in [1.54, 1.807) is 6.33 Å². The maximum Gasteiger partial charge on any atom is 0.286 e. The fourth-order valence-corrected chi connectivity index (χ4v) is 2.94. The van der Waals surface area contributed by atoms with Gasteiger partial charge in [-0.2, -0.15) is 0 Å². The van der Waals surface area contributed by atoms with Crippen molar-refractivity contribution in [3.05, 3.63) is 58.4 Å². The molecule has 28 heavy (non-hydrogen) atoms. The summed E-state index contributed by atoms with van der Waals surface area (Å²) in [6, 6.07) is 10.3. The number of hydrogen-bond acceptors (Lipinski definition) is 6. The number of aryl methyl sites for hydroxylation is 1. The van der Waals surface area contributed by atoms with E-state index < -0.39 is 10.8 Å². The van der Waals surface area contributed by atoms with Gasteiger partial charge in [0, 0.05) is 19.2 Å². The Bertz CT molecular complexity index is 1010. The second kappa shape index (κ2) is 8.38. The van der Waals surface area contributed by atoms with Crippen LogP contribution in [-0.4, -0.2) is 41.1 Å². The zero-order valence-corrected chi connectivity index (χ0v) is 15.5. The van der Waals surface area contributed by atoms with Gasteiger partial charge >= 0.3 is 0 Å². The first-order valence-electron chi connectivity index (χ1n) is 8.63. The lowest BCUT2D eigenvalue weighted by atomic mass is 10.1. The normalized spacial score (nSPS) is 10.6. The molecule has 0 spiro atoms. The zero-order chi connectivity index (χ0) is 20.1. The summed E-state index contributed by atoms with van der Waals surface area (Å²) in [5.41, 5.74) is 1.52. The van der Waals surface area contributed by atoms with Crippen LogP contribution in [0.1, 0.15) is 16.8 Å². The highest BCUT2D eigenvalue weighted by Crippen LogP contribution is 2.34. The third-order valence-electron chi connectivity index (χ3n) is 4.33. The Morgan fingerprint density at radius 1 is 1.21 bits per heavy atom. The van der Waals surface area contributed by atoms with Gasteiger partial charge in [0.05, 0.1) is 42.6 Å². The molecule has 9 nitrogen and oxygen atoms in total. The van der Waals surface area contributed by atoms with E-state index >= 15 is 0 Å². The zero-order valence-electron chi connectivity index (χ0n) is 15.5. The SMILES string of the molecule is COc1cc(C(=O)NCCCn2cnc3ccccc32)c([N+](=O)[O-])cc1OC. The molecule has 9 heteroatoms. The number of imidazole rings is 1. The molecule has 2 aromatic carbocycles.